The van der Waals surface area contributed by atoms with E-state index in [-0.39, 0.29) is 36.0 Å². The van der Waals surface area contributed by atoms with E-state index in [0.29, 0.717) is 12.6 Å². The molecule has 1 N–H and O–H groups in total. The van der Waals surface area contributed by atoms with E-state index < -0.39 is 5.97 Å². The molecule has 1 heterocycles. The third-order valence-corrected chi connectivity index (χ3v) is 6.04. The van der Waals surface area contributed by atoms with Gasteiger partial charge in [0.05, 0.1) is 25.1 Å². The molecule has 6 nitrogen and oxygen atoms in total. The van der Waals surface area contributed by atoms with Crippen LogP contribution in [0.3, 0.4) is 0 Å². The number of rotatable bonds is 13. The van der Waals surface area contributed by atoms with Crippen LogP contribution >= 0.6 is 0 Å². The number of nitrogens with zero attached hydrogens (tertiary/aromatic N) is 2. The van der Waals surface area contributed by atoms with Gasteiger partial charge in [0.15, 0.2) is 0 Å². The minimum atomic E-state index is -0.729. The number of carboxylic acid groups (broad SMARTS) is 1. The summed E-state index contributed by atoms with van der Waals surface area (Å²) < 4.78 is 13.7. The molecule has 3 aromatic carbocycles. The molecule has 0 aliphatic heterocycles. The van der Waals surface area contributed by atoms with Crippen LogP contribution in [0.15, 0.2) is 84.9 Å². The summed E-state index contributed by atoms with van der Waals surface area (Å²) in [5.74, 6) is 0.0564. The van der Waals surface area contributed by atoms with E-state index in [9.17, 15) is 4.79 Å². The molecule has 0 unspecified atom stereocenters. The molecule has 0 bridgehead atoms. The maximum absolute atomic E-state index is 10.7. The molecule has 0 radical (unpaired) electrons. The number of aromatic nitrogens is 2. The Labute approximate surface area is 240 Å². The number of aliphatic carboxylic acids is 1. The maximum atomic E-state index is 10.7. The molecular weight excluding hydrogens is 475 g/mol. The second-order valence-electron chi connectivity index (χ2n) is 8.62. The van der Waals surface area contributed by atoms with Crippen molar-refractivity contribution >= 4 is 35.5 Å². The van der Waals surface area contributed by atoms with Gasteiger partial charge in [0, 0.05) is 17.5 Å². The van der Waals surface area contributed by atoms with Crippen molar-refractivity contribution in [1.29, 1.82) is 0 Å². The Balaban J connectivity index is 0.00000380. The predicted octanol–water partition coefficient (Wildman–Crippen LogP) is 6.37. The summed E-state index contributed by atoms with van der Waals surface area (Å²) in [5.41, 5.74) is 4.84. The SMILES string of the molecule is COc1ccc(-n2c(OCCCCCCCC(=O)O)nc(-c3ccccc3)c2-c2ccccc2)cc1.[NaH]. The van der Waals surface area contributed by atoms with E-state index in [4.69, 9.17) is 19.6 Å². The normalized spacial score (nSPS) is 10.5. The minimum absolute atomic E-state index is 0. The fourth-order valence-electron chi connectivity index (χ4n) is 4.20. The number of imidazole rings is 1. The van der Waals surface area contributed by atoms with Gasteiger partial charge in [0.1, 0.15) is 11.4 Å². The van der Waals surface area contributed by atoms with Crippen molar-refractivity contribution in [3.05, 3.63) is 84.9 Å². The van der Waals surface area contributed by atoms with Crippen LogP contribution in [0.2, 0.25) is 0 Å². The van der Waals surface area contributed by atoms with Crippen LogP contribution in [0.4, 0.5) is 0 Å². The van der Waals surface area contributed by atoms with Crippen LogP contribution in [0.25, 0.3) is 28.2 Å². The third-order valence-electron chi connectivity index (χ3n) is 6.04. The Bertz CT molecular complexity index is 1240. The summed E-state index contributed by atoms with van der Waals surface area (Å²) in [6, 6.07) is 28.8. The molecule has 188 valence electrons. The van der Waals surface area contributed by atoms with Crippen molar-refractivity contribution < 1.29 is 19.4 Å². The summed E-state index contributed by atoms with van der Waals surface area (Å²) >= 11 is 0. The average Bonchev–Trinajstić information content (AvgIpc) is 3.30. The summed E-state index contributed by atoms with van der Waals surface area (Å²) in [5, 5.41) is 8.78. The van der Waals surface area contributed by atoms with Crippen molar-refractivity contribution in [3.8, 4) is 40.0 Å². The molecule has 37 heavy (non-hydrogen) atoms. The van der Waals surface area contributed by atoms with Crippen molar-refractivity contribution in [2.45, 2.75) is 38.5 Å². The first-order chi connectivity index (χ1) is 17.7. The second kappa shape index (κ2) is 14.6. The molecule has 1 aromatic heterocycles. The van der Waals surface area contributed by atoms with Crippen LogP contribution in [-0.4, -0.2) is 63.9 Å². The number of carbonyl (C=O) groups is 1. The number of hydrogen-bond donors (Lipinski definition) is 1. The zero-order chi connectivity index (χ0) is 25.2. The summed E-state index contributed by atoms with van der Waals surface area (Å²) in [6.07, 6.45) is 4.74. The monoisotopic (exact) mass is 508 g/mol. The fourth-order valence-corrected chi connectivity index (χ4v) is 4.20. The van der Waals surface area contributed by atoms with Gasteiger partial charge in [-0.1, -0.05) is 79.9 Å². The second-order valence-corrected chi connectivity index (χ2v) is 8.62. The van der Waals surface area contributed by atoms with Crippen molar-refractivity contribution in [2.24, 2.45) is 0 Å². The number of methoxy groups -OCH3 is 1. The first-order valence-corrected chi connectivity index (χ1v) is 12.4. The van der Waals surface area contributed by atoms with E-state index in [1.807, 2.05) is 60.7 Å². The molecule has 0 aliphatic rings. The predicted molar refractivity (Wildman–Crippen MR) is 149 cm³/mol. The van der Waals surface area contributed by atoms with E-state index in [1.54, 1.807) is 7.11 Å². The molecule has 0 saturated heterocycles. The molecule has 0 aliphatic carbocycles. The van der Waals surface area contributed by atoms with E-state index in [0.717, 1.165) is 66.1 Å². The number of carboxylic acids is 1. The van der Waals surface area contributed by atoms with Crippen molar-refractivity contribution in [1.82, 2.24) is 9.55 Å². The Morgan fingerprint density at radius 3 is 2.03 bits per heavy atom. The van der Waals surface area contributed by atoms with Crippen LogP contribution in [0.5, 0.6) is 11.8 Å². The van der Waals surface area contributed by atoms with Gasteiger partial charge in [-0.25, -0.2) is 0 Å². The van der Waals surface area contributed by atoms with Crippen molar-refractivity contribution in [2.75, 3.05) is 13.7 Å². The van der Waals surface area contributed by atoms with Crippen LogP contribution in [0.1, 0.15) is 38.5 Å². The van der Waals surface area contributed by atoms with Crippen molar-refractivity contribution in [3.63, 3.8) is 0 Å². The topological polar surface area (TPSA) is 73.6 Å². The van der Waals surface area contributed by atoms with E-state index in [2.05, 4.69) is 28.8 Å². The number of unbranched alkanes of at least 4 members (excludes halogenated alkanes) is 4. The molecular formula is C30H33N2NaO4. The summed E-state index contributed by atoms with van der Waals surface area (Å²) in [7, 11) is 1.66. The Kier molecular flexibility index (Phi) is 11.3. The van der Waals surface area contributed by atoms with Gasteiger partial charge >= 0.3 is 41.5 Å². The van der Waals surface area contributed by atoms with Gasteiger partial charge in [0.2, 0.25) is 0 Å². The molecule has 0 fully saturated rings. The first kappa shape index (κ1) is 28.5. The van der Waals surface area contributed by atoms with Gasteiger partial charge in [-0.05, 0) is 37.1 Å². The Morgan fingerprint density at radius 2 is 1.41 bits per heavy atom. The van der Waals surface area contributed by atoms with Gasteiger partial charge < -0.3 is 14.6 Å². The van der Waals surface area contributed by atoms with E-state index >= 15 is 0 Å². The number of hydrogen-bond acceptors (Lipinski definition) is 4. The fraction of sp³-hybridized carbons (Fsp3) is 0.267. The molecule has 0 spiro atoms. The Hall–Kier alpha value is -3.06. The molecule has 4 rings (SSSR count). The van der Waals surface area contributed by atoms with Gasteiger partial charge in [-0.15, -0.1) is 0 Å². The first-order valence-electron chi connectivity index (χ1n) is 12.4. The third kappa shape index (κ3) is 7.71. The van der Waals surface area contributed by atoms with Gasteiger partial charge in [0.25, 0.3) is 0 Å². The van der Waals surface area contributed by atoms with Gasteiger partial charge in [-0.2, -0.15) is 4.98 Å². The standard InChI is InChI=1S/C30H32N2O4.Na.H/c1-35-26-20-18-25(19-21-26)32-29(24-15-9-6-10-16-24)28(23-13-7-5-8-14-23)31-30(32)36-22-12-4-2-3-11-17-27(33)34;;/h5-10,13-16,18-21H,2-4,11-12,17,22H2,1H3,(H,33,34);;. The van der Waals surface area contributed by atoms with Crippen LogP contribution in [-0.2, 0) is 4.79 Å². The number of ether oxygens (including phenoxy) is 2. The molecule has 0 saturated carbocycles. The Morgan fingerprint density at radius 1 is 0.811 bits per heavy atom. The quantitative estimate of drug-likeness (QED) is 0.168. The molecule has 4 aromatic rings. The van der Waals surface area contributed by atoms with Crippen LogP contribution in [0, 0.1) is 0 Å². The van der Waals surface area contributed by atoms with Crippen LogP contribution < -0.4 is 9.47 Å². The summed E-state index contributed by atoms with van der Waals surface area (Å²) in [4.78, 5) is 15.7. The summed E-state index contributed by atoms with van der Waals surface area (Å²) in [6.45, 7) is 0.536. The average molecular weight is 509 g/mol. The molecule has 7 heteroatoms. The number of benzene rings is 3. The molecule has 0 amide bonds. The molecule has 0 atom stereocenters. The zero-order valence-corrected chi connectivity index (χ0v) is 20.6. The zero-order valence-electron chi connectivity index (χ0n) is 20.6. The van der Waals surface area contributed by atoms with Gasteiger partial charge in [-0.3, -0.25) is 9.36 Å². The van der Waals surface area contributed by atoms with E-state index in [1.165, 1.54) is 0 Å².